The van der Waals surface area contributed by atoms with Gasteiger partial charge in [-0.1, -0.05) is 239 Å². The molecule has 8 aromatic carbocycles. The highest BCUT2D eigenvalue weighted by Gasteiger charge is 2.19. The maximum absolute atomic E-state index is 2.46. The van der Waals surface area contributed by atoms with Crippen molar-refractivity contribution in [1.82, 2.24) is 0 Å². The van der Waals surface area contributed by atoms with Crippen LogP contribution in [0, 0.1) is 0 Å². The van der Waals surface area contributed by atoms with Gasteiger partial charge < -0.3 is 34.9 Å². The Hall–Kier alpha value is -3.84. The molecule has 0 atom stereocenters. The predicted octanol–water partition coefficient (Wildman–Crippen LogP) is 21.6. The fourth-order valence-corrected chi connectivity index (χ4v) is 15.8. The third kappa shape index (κ3) is 27.5. The molecule has 0 aliphatic heterocycles. The number of rotatable bonds is 50. The molecule has 0 aromatic heterocycles. The second-order valence-corrected chi connectivity index (χ2v) is 32.2. The first kappa shape index (κ1) is 78.2. The van der Waals surface area contributed by atoms with Crippen LogP contribution < -0.4 is 17.0 Å². The Morgan fingerprint density at radius 2 is 0.398 bits per heavy atom. The van der Waals surface area contributed by atoms with Crippen LogP contribution in [0.3, 0.4) is 0 Å². The van der Waals surface area contributed by atoms with E-state index in [1.807, 2.05) is 0 Å². The number of quaternary nitrogens is 4. The Labute approximate surface area is 582 Å². The average Bonchev–Trinajstić information content (AvgIpc) is 0.759. The third-order valence-electron chi connectivity index (χ3n) is 21.9. The van der Waals surface area contributed by atoms with E-state index in [2.05, 4.69) is 179 Å². The van der Waals surface area contributed by atoms with E-state index < -0.39 is 0 Å². The summed E-state index contributed by atoms with van der Waals surface area (Å²) in [5.41, 5.74) is 3.06. The van der Waals surface area contributed by atoms with Crippen LogP contribution in [0.4, 0.5) is 0 Å². The van der Waals surface area contributed by atoms with Gasteiger partial charge in [0.25, 0.3) is 0 Å². The molecule has 0 amide bonds. The molecular weight excluding hydrogens is 1190 g/mol. The highest BCUT2D eigenvalue weighted by Crippen LogP contribution is 2.38. The lowest BCUT2D eigenvalue weighted by atomic mass is 9.90. The van der Waals surface area contributed by atoms with E-state index in [0.717, 1.165) is 0 Å². The Morgan fingerprint density at radius 3 is 0.645 bits per heavy atom. The van der Waals surface area contributed by atoms with Crippen molar-refractivity contribution in [3.05, 3.63) is 120 Å². The van der Waals surface area contributed by atoms with Gasteiger partial charge in [-0.25, -0.2) is 0 Å². The minimum Gasteiger partial charge on any atom is -1.00 e. The lowest BCUT2D eigenvalue weighted by Gasteiger charge is -2.31. The summed E-state index contributed by atoms with van der Waals surface area (Å²) in [7, 11) is 19.7. The Morgan fingerprint density at radius 1 is 0.204 bits per heavy atom. The van der Waals surface area contributed by atoms with Crippen molar-refractivity contribution < 1.29 is 34.9 Å². The van der Waals surface area contributed by atoms with Crippen LogP contribution in [0.15, 0.2) is 109 Å². The number of hydrogen-bond acceptors (Lipinski definition) is 0. The fourth-order valence-electron chi connectivity index (χ4n) is 15.8. The fraction of sp³-hybridized carbons (Fsp3) is 0.636. The smallest absolute Gasteiger partial charge is 0.0782 e. The maximum Gasteiger partial charge on any atom is 0.0782 e. The average molecular weight is 1330 g/mol. The van der Waals surface area contributed by atoms with E-state index in [-0.39, 0.29) is 17.0 Å². The first-order valence-corrected chi connectivity index (χ1v) is 39.2. The minimum absolute atomic E-state index is 0. The minimum atomic E-state index is 0. The van der Waals surface area contributed by atoms with E-state index in [0.29, 0.717) is 0 Å². The number of halogens is 1. The van der Waals surface area contributed by atoms with Gasteiger partial charge in [-0.2, -0.15) is 0 Å². The Balaban J connectivity index is 0.000000292. The second-order valence-electron chi connectivity index (χ2n) is 32.2. The summed E-state index contributed by atoms with van der Waals surface area (Å²) in [5.74, 6) is 0. The van der Waals surface area contributed by atoms with Crippen LogP contribution in [0.2, 0.25) is 0 Å². The highest BCUT2D eigenvalue weighted by molar-refractivity contribution is 6.24. The summed E-state index contributed by atoms with van der Waals surface area (Å²) >= 11 is 0. The predicted molar refractivity (Wildman–Crippen MR) is 413 cm³/mol. The van der Waals surface area contributed by atoms with Gasteiger partial charge >= 0.3 is 0 Å². The lowest BCUT2D eigenvalue weighted by molar-refractivity contribution is -0.891. The van der Waals surface area contributed by atoms with Crippen LogP contribution in [-0.4, -0.2) is 127 Å². The van der Waals surface area contributed by atoms with Gasteiger partial charge in [0.2, 0.25) is 0 Å². The highest BCUT2D eigenvalue weighted by atomic mass is 79.9. The molecule has 4 nitrogen and oxygen atoms in total. The molecule has 8 rings (SSSR count). The van der Waals surface area contributed by atoms with Crippen LogP contribution >= 0.6 is 0 Å². The van der Waals surface area contributed by atoms with E-state index in [1.165, 1.54) is 390 Å². The molecule has 0 aliphatic rings. The molecule has 0 unspecified atom stereocenters. The molecule has 0 fully saturated rings. The summed E-state index contributed by atoms with van der Waals surface area (Å²) in [6.45, 7) is 15.3. The quantitative estimate of drug-likeness (QED) is 0.0203. The first-order chi connectivity index (χ1) is 44.6. The molecule has 0 saturated heterocycles. The molecule has 516 valence electrons. The van der Waals surface area contributed by atoms with E-state index in [9.17, 15) is 0 Å². The Bertz CT molecular complexity index is 2990. The van der Waals surface area contributed by atoms with Crippen molar-refractivity contribution in [3.8, 4) is 0 Å². The summed E-state index contributed by atoms with van der Waals surface area (Å²) in [4.78, 5) is 0. The van der Waals surface area contributed by atoms with Crippen LogP contribution in [0.5, 0.6) is 0 Å². The first-order valence-electron chi connectivity index (χ1n) is 39.2. The largest absolute Gasteiger partial charge is 1.00 e. The standard InChI is InChI=1S/2C44H70N2.BrH/c2*1-6-7-8-9-10-11-12-13-15-20-34-45(2,3)36-22-17-18-23-37-46(4,5)35-21-16-14-19-25-38-28-29-41-31-30-39-26-24-27-40-32-33-42(38)44(41)43(39)40;/h2*24,26-33H,6-23,25,34-37H2,1-5H3;1H/q2*+2;/p-1. The number of aryl methyl sites for hydroxylation is 2. The van der Waals surface area contributed by atoms with Gasteiger partial charge in [0, 0.05) is 0 Å². The second kappa shape index (κ2) is 42.1. The zero-order valence-electron chi connectivity index (χ0n) is 62.1. The molecule has 8 aromatic rings. The van der Waals surface area contributed by atoms with Crippen molar-refractivity contribution in [1.29, 1.82) is 0 Å². The van der Waals surface area contributed by atoms with E-state index in [4.69, 9.17) is 0 Å². The van der Waals surface area contributed by atoms with Gasteiger partial charge in [0.1, 0.15) is 0 Å². The number of benzene rings is 8. The van der Waals surface area contributed by atoms with Crippen molar-refractivity contribution in [2.24, 2.45) is 0 Å². The van der Waals surface area contributed by atoms with Crippen molar-refractivity contribution in [2.75, 3.05) is 109 Å². The SMILES string of the molecule is CCCCCCCCCCCC[N+](C)(C)CCCCCC[N+](C)(C)CCCCCCc1ccc2ccc3cccc4ccc1c2c34.CCCCCCCCCCCC[N+](C)(C)CCCCCC[N+](C)(C)CCCCCCc1ccc2ccc3cccc4ccc1c2c34.[Br-]. The van der Waals surface area contributed by atoms with Gasteiger partial charge in [-0.15, -0.1) is 0 Å². The summed E-state index contributed by atoms with van der Waals surface area (Å²) < 4.78 is 4.81. The molecule has 0 aliphatic carbocycles. The van der Waals surface area contributed by atoms with Gasteiger partial charge in [-0.3, -0.25) is 0 Å². The van der Waals surface area contributed by atoms with E-state index in [1.54, 1.807) is 0 Å². The molecule has 0 radical (unpaired) electrons. The molecule has 0 saturated carbocycles. The molecular formula is C88H140BrN4+3. The van der Waals surface area contributed by atoms with E-state index >= 15 is 0 Å². The van der Waals surface area contributed by atoms with Crippen LogP contribution in [0.1, 0.15) is 256 Å². The number of hydrogen-bond donors (Lipinski definition) is 0. The number of nitrogens with zero attached hydrogens (tertiary/aromatic N) is 4. The van der Waals surface area contributed by atoms with Crippen molar-refractivity contribution >= 4 is 64.6 Å². The molecule has 0 bridgehead atoms. The van der Waals surface area contributed by atoms with Crippen LogP contribution in [-0.2, 0) is 12.8 Å². The lowest BCUT2D eigenvalue weighted by Crippen LogP contribution is -3.00. The zero-order chi connectivity index (χ0) is 65.3. The molecule has 0 spiro atoms. The van der Waals surface area contributed by atoms with Gasteiger partial charge in [0.15, 0.2) is 0 Å². The topological polar surface area (TPSA) is 0 Å². The van der Waals surface area contributed by atoms with Crippen LogP contribution in [0.25, 0.3) is 64.6 Å². The summed E-state index contributed by atoms with van der Waals surface area (Å²) in [5, 5.41) is 17.0. The van der Waals surface area contributed by atoms with Gasteiger partial charge in [-0.05, 0) is 204 Å². The maximum atomic E-state index is 2.46. The molecule has 93 heavy (non-hydrogen) atoms. The van der Waals surface area contributed by atoms with Gasteiger partial charge in [0.05, 0.1) is 109 Å². The molecule has 0 N–H and O–H groups in total. The summed E-state index contributed by atoms with van der Waals surface area (Å²) in [6, 6.07) is 41.5. The molecule has 5 heteroatoms. The van der Waals surface area contributed by atoms with Crippen molar-refractivity contribution in [3.63, 3.8) is 0 Å². The summed E-state index contributed by atoms with van der Waals surface area (Å²) in [6.07, 6.45) is 53.0. The Kier molecular flexibility index (Phi) is 35.4. The normalized spacial score (nSPS) is 12.6. The molecule has 0 heterocycles. The third-order valence-corrected chi connectivity index (χ3v) is 21.9. The monoisotopic (exact) mass is 1330 g/mol. The number of unbranched alkanes of at least 4 members (excludes halogenated alkanes) is 30. The van der Waals surface area contributed by atoms with Crippen molar-refractivity contribution in [2.45, 2.75) is 258 Å². The zero-order valence-corrected chi connectivity index (χ0v) is 63.7.